The zero-order valence-corrected chi connectivity index (χ0v) is 26.5. The van der Waals surface area contributed by atoms with Gasteiger partial charge in [0.05, 0.1) is 0 Å². The van der Waals surface area contributed by atoms with Gasteiger partial charge >= 0.3 is 5.97 Å². The Hall–Kier alpha value is -4.25. The zero-order valence-electron chi connectivity index (χ0n) is 26.5. The van der Waals surface area contributed by atoms with Crippen molar-refractivity contribution in [2.75, 3.05) is 6.54 Å². The van der Waals surface area contributed by atoms with E-state index in [1.54, 1.807) is 24.4 Å². The number of fused-ring (bicyclic) bond motifs is 3. The van der Waals surface area contributed by atoms with Crippen LogP contribution >= 0.6 is 0 Å². The van der Waals surface area contributed by atoms with Crippen molar-refractivity contribution in [2.24, 2.45) is 16.7 Å². The number of carbonyl (C=O) groups excluding carboxylic acids is 3. The van der Waals surface area contributed by atoms with Crippen molar-refractivity contribution in [3.05, 3.63) is 53.7 Å². The Morgan fingerprint density at radius 2 is 1.83 bits per heavy atom. The van der Waals surface area contributed by atoms with Crippen LogP contribution in [-0.4, -0.2) is 78.9 Å². The lowest BCUT2D eigenvalue weighted by atomic mass is 9.70. The molecule has 2 aromatic carbocycles. The molecule has 46 heavy (non-hydrogen) atoms. The molecule has 6 N–H and O–H groups in total. The summed E-state index contributed by atoms with van der Waals surface area (Å²) in [7, 11) is 0. The van der Waals surface area contributed by atoms with Gasteiger partial charge in [-0.2, -0.15) is 0 Å². The van der Waals surface area contributed by atoms with Gasteiger partial charge in [0.15, 0.2) is 11.5 Å². The van der Waals surface area contributed by atoms with Gasteiger partial charge in [0.2, 0.25) is 11.8 Å². The van der Waals surface area contributed by atoms with Crippen molar-refractivity contribution >= 4 is 28.7 Å². The molecular formula is C35H43N3O8. The summed E-state index contributed by atoms with van der Waals surface area (Å²) in [6.45, 7) is 7.02. The smallest absolute Gasteiger partial charge is 0.329 e. The SMILES string of the molecule is CC1(C)C2CCC1(C)C(OC(=O)C1CCCN1C(=O)C(Cc1c[nH]c3ccc(O)cc13)NC(=O)C(O)Cc1ccc(O)c(O)c1)C2. The fourth-order valence-corrected chi connectivity index (χ4v) is 8.04. The average molecular weight is 634 g/mol. The first-order valence-corrected chi connectivity index (χ1v) is 16.1. The van der Waals surface area contributed by atoms with Gasteiger partial charge in [-0.15, -0.1) is 0 Å². The number of H-pyrrole nitrogens is 1. The van der Waals surface area contributed by atoms with E-state index < -0.39 is 36.0 Å². The number of carbonyl (C=O) groups is 3. The molecule has 11 heteroatoms. The van der Waals surface area contributed by atoms with E-state index in [0.717, 1.165) is 24.8 Å². The molecule has 6 rings (SSSR count). The molecule has 11 nitrogen and oxygen atoms in total. The molecule has 6 atom stereocenters. The molecule has 2 bridgehead atoms. The van der Waals surface area contributed by atoms with Gasteiger partial charge in [-0.25, -0.2) is 4.79 Å². The molecule has 2 heterocycles. The molecule has 3 aliphatic rings. The number of aliphatic hydroxyl groups is 1. The molecule has 3 fully saturated rings. The molecule has 0 spiro atoms. The Morgan fingerprint density at radius 3 is 2.52 bits per heavy atom. The summed E-state index contributed by atoms with van der Waals surface area (Å²) in [6, 6.07) is 6.91. The fourth-order valence-electron chi connectivity index (χ4n) is 8.04. The fraction of sp³-hybridized carbons (Fsp3) is 0.514. The number of likely N-dealkylation sites (tertiary alicyclic amines) is 1. The molecule has 3 aromatic rings. The molecule has 246 valence electrons. The molecule has 6 unspecified atom stereocenters. The number of rotatable bonds is 9. The number of phenols is 3. The Labute approximate surface area is 267 Å². The van der Waals surface area contributed by atoms with Crippen LogP contribution in [0.15, 0.2) is 42.6 Å². The molecule has 1 aliphatic heterocycles. The lowest BCUT2D eigenvalue weighted by Gasteiger charge is -2.39. The largest absolute Gasteiger partial charge is 0.508 e. The average Bonchev–Trinajstić information content (AvgIpc) is 3.75. The van der Waals surface area contributed by atoms with Crippen LogP contribution in [0.3, 0.4) is 0 Å². The second kappa shape index (κ2) is 11.8. The second-order valence-corrected chi connectivity index (χ2v) is 14.1. The third-order valence-electron chi connectivity index (χ3n) is 11.3. The molecule has 0 radical (unpaired) electrons. The molecule has 2 aliphatic carbocycles. The van der Waals surface area contributed by atoms with Crippen molar-refractivity contribution in [3.8, 4) is 17.2 Å². The number of esters is 1. The first-order chi connectivity index (χ1) is 21.8. The van der Waals surface area contributed by atoms with Crippen molar-refractivity contribution in [1.82, 2.24) is 15.2 Å². The van der Waals surface area contributed by atoms with Crippen LogP contribution in [0.2, 0.25) is 0 Å². The highest BCUT2D eigenvalue weighted by atomic mass is 16.5. The van der Waals surface area contributed by atoms with E-state index in [0.29, 0.717) is 41.8 Å². The number of aromatic amines is 1. The van der Waals surface area contributed by atoms with E-state index in [4.69, 9.17) is 4.74 Å². The van der Waals surface area contributed by atoms with Crippen molar-refractivity contribution in [3.63, 3.8) is 0 Å². The monoisotopic (exact) mass is 633 g/mol. The number of aromatic nitrogens is 1. The number of benzene rings is 2. The van der Waals surface area contributed by atoms with E-state index in [2.05, 4.69) is 31.1 Å². The molecule has 1 aromatic heterocycles. The zero-order chi connectivity index (χ0) is 33.0. The van der Waals surface area contributed by atoms with Crippen molar-refractivity contribution in [2.45, 2.75) is 90.0 Å². The summed E-state index contributed by atoms with van der Waals surface area (Å²) in [6.07, 6.45) is 3.80. The highest BCUT2D eigenvalue weighted by molar-refractivity contribution is 5.93. The van der Waals surface area contributed by atoms with Crippen LogP contribution in [0.25, 0.3) is 10.9 Å². The first kappa shape index (κ1) is 31.7. The maximum Gasteiger partial charge on any atom is 0.329 e. The number of aliphatic hydroxyl groups excluding tert-OH is 1. The second-order valence-electron chi connectivity index (χ2n) is 14.1. The van der Waals surface area contributed by atoms with Gasteiger partial charge < -0.3 is 40.4 Å². The number of nitrogens with zero attached hydrogens (tertiary/aromatic N) is 1. The summed E-state index contributed by atoms with van der Waals surface area (Å²) in [5.41, 5.74) is 1.75. The Kier molecular flexibility index (Phi) is 8.16. The number of amides is 2. The maximum atomic E-state index is 14.2. The molecule has 2 amide bonds. The minimum atomic E-state index is -1.56. The minimum absolute atomic E-state index is 0.0373. The Morgan fingerprint density at radius 1 is 1.04 bits per heavy atom. The predicted molar refractivity (Wildman–Crippen MR) is 169 cm³/mol. The standard InChI is InChI=1S/C35H43N3O8/c1-34(2)21-10-11-35(34,3)30(16-21)46-33(45)26-5-4-12-38(26)32(44)25(15-20-18-36-24-8-7-22(39)17-23(20)24)37-31(43)29(42)14-19-6-9-27(40)28(41)13-19/h6-9,13,17-18,21,25-26,29-30,36,39-42H,4-5,10-12,14-16H2,1-3H3,(H,37,43). The molecule has 2 saturated carbocycles. The summed E-state index contributed by atoms with van der Waals surface area (Å²) in [5.74, 6) is -1.85. The lowest BCUT2D eigenvalue weighted by Crippen LogP contribution is -2.55. The Balaban J connectivity index is 1.21. The highest BCUT2D eigenvalue weighted by Gasteiger charge is 2.63. The number of hydrogen-bond acceptors (Lipinski definition) is 8. The van der Waals surface area contributed by atoms with Gasteiger partial charge in [-0.3, -0.25) is 9.59 Å². The van der Waals surface area contributed by atoms with Crippen LogP contribution in [-0.2, 0) is 32.0 Å². The lowest BCUT2D eigenvalue weighted by molar-refractivity contribution is -0.165. The number of ether oxygens (including phenoxy) is 1. The summed E-state index contributed by atoms with van der Waals surface area (Å²) < 4.78 is 6.18. The maximum absolute atomic E-state index is 14.2. The van der Waals surface area contributed by atoms with Crippen LogP contribution < -0.4 is 5.32 Å². The third kappa shape index (κ3) is 5.55. The van der Waals surface area contributed by atoms with Crippen molar-refractivity contribution in [1.29, 1.82) is 0 Å². The number of aromatic hydroxyl groups is 3. The first-order valence-electron chi connectivity index (χ1n) is 16.1. The van der Waals surface area contributed by atoms with Gasteiger partial charge in [0, 0.05) is 41.9 Å². The van der Waals surface area contributed by atoms with Gasteiger partial charge in [0.1, 0.15) is 30.0 Å². The van der Waals surface area contributed by atoms with Crippen LogP contribution in [0.4, 0.5) is 0 Å². The van der Waals surface area contributed by atoms with Gasteiger partial charge in [-0.1, -0.05) is 26.8 Å². The van der Waals surface area contributed by atoms with Crippen molar-refractivity contribution < 1.29 is 39.5 Å². The van der Waals surface area contributed by atoms with E-state index in [-0.39, 0.29) is 47.0 Å². The van der Waals surface area contributed by atoms with Gasteiger partial charge in [-0.05, 0) is 84.9 Å². The van der Waals surface area contributed by atoms with Crippen LogP contribution in [0, 0.1) is 16.7 Å². The minimum Gasteiger partial charge on any atom is -0.508 e. The highest BCUT2D eigenvalue weighted by Crippen LogP contribution is 2.66. The van der Waals surface area contributed by atoms with Crippen LogP contribution in [0.5, 0.6) is 17.2 Å². The van der Waals surface area contributed by atoms with Crippen LogP contribution in [0.1, 0.15) is 64.0 Å². The third-order valence-corrected chi connectivity index (χ3v) is 11.3. The summed E-state index contributed by atoms with van der Waals surface area (Å²) >= 11 is 0. The number of hydrogen-bond donors (Lipinski definition) is 6. The quantitative estimate of drug-likeness (QED) is 0.153. The Bertz CT molecular complexity index is 1670. The number of phenolic OH excluding ortho intramolecular Hbond substituents is 3. The van der Waals surface area contributed by atoms with E-state index in [1.807, 2.05) is 0 Å². The van der Waals surface area contributed by atoms with E-state index in [9.17, 15) is 34.8 Å². The summed E-state index contributed by atoms with van der Waals surface area (Å²) in [5, 5.41) is 43.7. The summed E-state index contributed by atoms with van der Waals surface area (Å²) in [4.78, 5) is 45.8. The predicted octanol–water partition coefficient (Wildman–Crippen LogP) is 3.66. The number of nitrogens with one attached hydrogen (secondary N) is 2. The molecule has 1 saturated heterocycles. The topological polar surface area (TPSA) is 172 Å². The van der Waals surface area contributed by atoms with E-state index in [1.165, 1.54) is 23.1 Å². The molecular weight excluding hydrogens is 590 g/mol. The van der Waals surface area contributed by atoms with E-state index >= 15 is 0 Å². The normalized spacial score (nSPS) is 26.3. The van der Waals surface area contributed by atoms with Gasteiger partial charge in [0.25, 0.3) is 0 Å².